The van der Waals surface area contributed by atoms with Gasteiger partial charge in [-0.1, -0.05) is 68.2 Å². The van der Waals surface area contributed by atoms with Crippen LogP contribution in [0.4, 0.5) is 5.69 Å². The molecule has 1 aromatic heterocycles. The molecule has 31 heavy (non-hydrogen) atoms. The lowest BCUT2D eigenvalue weighted by Gasteiger charge is -2.20. The Bertz CT molecular complexity index is 1150. The summed E-state index contributed by atoms with van der Waals surface area (Å²) in [5.41, 5.74) is 5.45. The van der Waals surface area contributed by atoms with Gasteiger partial charge in [0.1, 0.15) is 0 Å². The van der Waals surface area contributed by atoms with Crippen molar-refractivity contribution in [3.63, 3.8) is 0 Å². The molecule has 0 saturated carbocycles. The van der Waals surface area contributed by atoms with Crippen LogP contribution in [0.15, 0.2) is 60.6 Å². The Hall–Kier alpha value is -2.56. The van der Waals surface area contributed by atoms with E-state index < -0.39 is 0 Å². The van der Waals surface area contributed by atoms with Crippen molar-refractivity contribution in [1.29, 1.82) is 0 Å². The molecule has 0 saturated heterocycles. The molecule has 0 spiro atoms. The lowest BCUT2D eigenvalue weighted by Crippen LogP contribution is -2.17. The maximum absolute atomic E-state index is 13.4. The number of carbonyl (C=O) groups is 1. The van der Waals surface area contributed by atoms with Crippen molar-refractivity contribution in [2.75, 3.05) is 5.32 Å². The van der Waals surface area contributed by atoms with Crippen molar-refractivity contribution in [1.82, 2.24) is 9.55 Å². The molecule has 6 heteroatoms. The van der Waals surface area contributed by atoms with Crippen LogP contribution < -0.4 is 5.32 Å². The van der Waals surface area contributed by atoms with Gasteiger partial charge >= 0.3 is 0 Å². The Morgan fingerprint density at radius 1 is 1.10 bits per heavy atom. The number of hydrogen-bond acceptors (Lipinski definition) is 2. The molecule has 0 fully saturated rings. The molecule has 0 aliphatic carbocycles. The van der Waals surface area contributed by atoms with Crippen LogP contribution in [0.1, 0.15) is 50.4 Å². The molecular weight excluding hydrogens is 429 g/mol. The van der Waals surface area contributed by atoms with Crippen molar-refractivity contribution >= 4 is 40.4 Å². The number of imidazole rings is 1. The van der Waals surface area contributed by atoms with Crippen molar-refractivity contribution in [3.05, 3.63) is 87.4 Å². The first-order valence-corrected chi connectivity index (χ1v) is 11.1. The van der Waals surface area contributed by atoms with Crippen molar-refractivity contribution in [2.24, 2.45) is 0 Å². The summed E-state index contributed by atoms with van der Waals surface area (Å²) >= 11 is 12.3. The van der Waals surface area contributed by atoms with Gasteiger partial charge in [-0.2, -0.15) is 0 Å². The minimum absolute atomic E-state index is 0.0592. The van der Waals surface area contributed by atoms with Crippen molar-refractivity contribution < 1.29 is 4.79 Å². The van der Waals surface area contributed by atoms with Crippen molar-refractivity contribution in [3.8, 4) is 0 Å². The van der Waals surface area contributed by atoms with E-state index in [9.17, 15) is 4.79 Å². The lowest BCUT2D eigenvalue weighted by atomic mass is 9.85. The number of nitrogens with one attached hydrogen (secondary N) is 1. The zero-order chi connectivity index (χ0) is 22.2. The third-order valence-electron chi connectivity index (χ3n) is 5.59. The summed E-state index contributed by atoms with van der Waals surface area (Å²) < 4.78 is 2.11. The van der Waals surface area contributed by atoms with Crippen LogP contribution in [0.2, 0.25) is 10.0 Å². The van der Waals surface area contributed by atoms with Gasteiger partial charge in [-0.3, -0.25) is 4.79 Å². The molecule has 1 N–H and O–H groups in total. The number of carbonyl (C=O) groups excluding carboxylic acids is 1. The highest BCUT2D eigenvalue weighted by atomic mass is 35.5. The average Bonchev–Trinajstić information content (AvgIpc) is 3.09. The number of amides is 1. The first kappa shape index (κ1) is 21.7. The van der Waals surface area contributed by atoms with Gasteiger partial charge in [-0.25, -0.2) is 4.98 Å². The smallest absolute Gasteiger partial charge is 0.252 e. The van der Waals surface area contributed by atoms with Gasteiger partial charge in [-0.15, -0.1) is 0 Å². The molecule has 0 atom stereocenters. The number of benzene rings is 2. The number of rotatable bonds is 3. The van der Waals surface area contributed by atoms with Gasteiger partial charge < -0.3 is 9.88 Å². The summed E-state index contributed by atoms with van der Waals surface area (Å²) in [6.45, 7) is 7.39. The number of aryl methyl sites for hydroxylation is 1. The van der Waals surface area contributed by atoms with E-state index in [4.69, 9.17) is 23.2 Å². The quantitative estimate of drug-likeness (QED) is 0.478. The largest absolute Gasteiger partial charge is 0.331 e. The minimum atomic E-state index is -0.159. The van der Waals surface area contributed by atoms with Crippen LogP contribution in [0.3, 0.4) is 0 Å². The third-order valence-corrected chi connectivity index (χ3v) is 6.14. The molecule has 4 nitrogen and oxygen atoms in total. The zero-order valence-corrected chi connectivity index (χ0v) is 19.4. The van der Waals surface area contributed by atoms with Gasteiger partial charge in [0.2, 0.25) is 0 Å². The van der Waals surface area contributed by atoms with Gasteiger partial charge in [0.25, 0.3) is 5.91 Å². The molecule has 160 valence electrons. The monoisotopic (exact) mass is 453 g/mol. The van der Waals surface area contributed by atoms with E-state index >= 15 is 0 Å². The van der Waals surface area contributed by atoms with E-state index in [1.165, 1.54) is 5.56 Å². The Labute approximate surface area is 192 Å². The molecule has 3 aromatic rings. The Balaban J connectivity index is 1.80. The normalized spacial score (nSPS) is 14.2. The van der Waals surface area contributed by atoms with Crippen LogP contribution in [-0.4, -0.2) is 15.5 Å². The molecule has 0 radical (unpaired) electrons. The fourth-order valence-electron chi connectivity index (χ4n) is 3.89. The van der Waals surface area contributed by atoms with E-state index in [2.05, 4.69) is 59.9 Å². The van der Waals surface area contributed by atoms with Gasteiger partial charge in [0.15, 0.2) is 0 Å². The van der Waals surface area contributed by atoms with Crippen LogP contribution in [0, 0.1) is 0 Å². The summed E-state index contributed by atoms with van der Waals surface area (Å²) in [7, 11) is 0. The number of fused-ring (bicyclic) bond motifs is 1. The van der Waals surface area contributed by atoms with E-state index in [-0.39, 0.29) is 11.3 Å². The number of aromatic nitrogens is 2. The fourth-order valence-corrected chi connectivity index (χ4v) is 4.34. The highest BCUT2D eigenvalue weighted by molar-refractivity contribution is 6.36. The maximum Gasteiger partial charge on any atom is 0.252 e. The summed E-state index contributed by atoms with van der Waals surface area (Å²) in [5.74, 6) is -0.159. The first-order valence-electron chi connectivity index (χ1n) is 10.3. The summed E-state index contributed by atoms with van der Waals surface area (Å²) in [6.07, 6.45) is 5.18. The maximum atomic E-state index is 13.4. The van der Waals surface area contributed by atoms with Crippen LogP contribution in [-0.2, 0) is 16.8 Å². The van der Waals surface area contributed by atoms with E-state index in [0.717, 1.165) is 35.4 Å². The molecule has 0 unspecified atom stereocenters. The first-order chi connectivity index (χ1) is 14.7. The number of hydrogen-bond donors (Lipinski definition) is 1. The van der Waals surface area contributed by atoms with Crippen LogP contribution in [0.25, 0.3) is 5.57 Å². The topological polar surface area (TPSA) is 46.9 Å². The molecule has 1 aliphatic heterocycles. The van der Waals surface area contributed by atoms with E-state index in [1.54, 1.807) is 18.2 Å². The third kappa shape index (κ3) is 4.56. The zero-order valence-electron chi connectivity index (χ0n) is 17.9. The van der Waals surface area contributed by atoms with Gasteiger partial charge in [-0.05, 0) is 47.6 Å². The molecule has 2 heterocycles. The minimum Gasteiger partial charge on any atom is -0.331 e. The molecule has 2 aromatic carbocycles. The lowest BCUT2D eigenvalue weighted by molar-refractivity contribution is -0.112. The SMILES string of the molecule is CC(C)(C)c1ccc(C2=C(C(=O)Nc3ccc(Cl)cc3Cl)CCCn3cncc32)cc1. The standard InChI is InChI=1S/C25H25Cl2N3O/c1-25(2,3)17-8-6-16(7-9-17)23-19(5-4-12-30-15-28-14-22(23)30)24(31)29-21-11-10-18(26)13-20(21)27/h6-11,13-15H,4-5,12H2,1-3H3,(H,29,31). The Kier molecular flexibility index (Phi) is 5.96. The predicted molar refractivity (Wildman–Crippen MR) is 128 cm³/mol. The molecule has 1 aliphatic rings. The molecule has 4 rings (SSSR count). The Morgan fingerprint density at radius 2 is 1.84 bits per heavy atom. The second kappa shape index (κ2) is 8.52. The average molecular weight is 454 g/mol. The van der Waals surface area contributed by atoms with Crippen LogP contribution in [0.5, 0.6) is 0 Å². The highest BCUT2D eigenvalue weighted by Gasteiger charge is 2.24. The Morgan fingerprint density at radius 3 is 2.52 bits per heavy atom. The van der Waals surface area contributed by atoms with E-state index in [1.807, 2.05) is 12.5 Å². The fraction of sp³-hybridized carbons (Fsp3) is 0.280. The summed E-state index contributed by atoms with van der Waals surface area (Å²) in [5, 5.41) is 3.92. The number of anilines is 1. The molecule has 1 amide bonds. The summed E-state index contributed by atoms with van der Waals surface area (Å²) in [4.78, 5) is 17.7. The second-order valence-corrected chi connectivity index (χ2v) is 9.68. The van der Waals surface area contributed by atoms with Crippen LogP contribution >= 0.6 is 23.2 Å². The van der Waals surface area contributed by atoms with E-state index in [0.29, 0.717) is 22.2 Å². The second-order valence-electron chi connectivity index (χ2n) is 8.84. The molecular formula is C25H25Cl2N3O. The van der Waals surface area contributed by atoms with Gasteiger partial charge in [0.05, 0.1) is 28.9 Å². The highest BCUT2D eigenvalue weighted by Crippen LogP contribution is 2.35. The van der Waals surface area contributed by atoms with Gasteiger partial charge in [0, 0.05) is 22.7 Å². The number of nitrogens with zero attached hydrogens (tertiary/aromatic N) is 2. The number of halogens is 2. The molecule has 0 bridgehead atoms. The van der Waals surface area contributed by atoms with Crippen molar-refractivity contribution in [2.45, 2.75) is 45.6 Å². The summed E-state index contributed by atoms with van der Waals surface area (Å²) in [6, 6.07) is 13.5. The predicted octanol–water partition coefficient (Wildman–Crippen LogP) is 6.72.